The first kappa shape index (κ1) is 18.1. The molecule has 0 aliphatic heterocycles. The van der Waals surface area contributed by atoms with Gasteiger partial charge in [0, 0.05) is 18.9 Å². The van der Waals surface area contributed by atoms with Crippen LogP contribution >= 0.6 is 0 Å². The lowest BCUT2D eigenvalue weighted by Crippen LogP contribution is -2.19. The molecule has 1 heterocycles. The minimum atomic E-state index is -0.396. The lowest BCUT2D eigenvalue weighted by atomic mass is 10.1. The van der Waals surface area contributed by atoms with Crippen molar-refractivity contribution in [1.29, 1.82) is 0 Å². The fourth-order valence-corrected chi connectivity index (χ4v) is 2.42. The van der Waals surface area contributed by atoms with E-state index < -0.39 is 5.97 Å². The zero-order valence-electron chi connectivity index (χ0n) is 14.7. The van der Waals surface area contributed by atoms with Crippen LogP contribution in [0.1, 0.15) is 21.5 Å². The van der Waals surface area contributed by atoms with E-state index in [1.165, 1.54) is 6.08 Å². The van der Waals surface area contributed by atoms with Gasteiger partial charge in [-0.05, 0) is 47.5 Å². The molecule has 136 valence electrons. The van der Waals surface area contributed by atoms with E-state index >= 15 is 0 Å². The Labute approximate surface area is 157 Å². The van der Waals surface area contributed by atoms with Gasteiger partial charge in [0.25, 0.3) is 0 Å². The predicted octanol–water partition coefficient (Wildman–Crippen LogP) is 3.03. The Balaban J connectivity index is 1.53. The number of amides is 1. The van der Waals surface area contributed by atoms with Gasteiger partial charge in [-0.15, -0.1) is 0 Å². The standard InChI is InChI=1S/C21H19N3O3/c1-2-20(25)22-14-16-4-8-18(9-5-16)21(26)27-15-17-6-10-19(11-7-17)24-13-3-12-23-24/h2-13H,1,14-15H2,(H,22,25). The normalized spacial score (nSPS) is 10.2. The summed E-state index contributed by atoms with van der Waals surface area (Å²) in [6, 6.07) is 16.4. The van der Waals surface area contributed by atoms with Gasteiger partial charge in [-0.1, -0.05) is 30.8 Å². The van der Waals surface area contributed by atoms with E-state index in [0.717, 1.165) is 16.8 Å². The van der Waals surface area contributed by atoms with Crippen LogP contribution in [-0.4, -0.2) is 21.7 Å². The van der Waals surface area contributed by atoms with Crippen LogP contribution in [0.4, 0.5) is 0 Å². The van der Waals surface area contributed by atoms with Crippen LogP contribution in [0.2, 0.25) is 0 Å². The van der Waals surface area contributed by atoms with Crippen LogP contribution in [0.3, 0.4) is 0 Å². The van der Waals surface area contributed by atoms with E-state index in [4.69, 9.17) is 4.74 Å². The van der Waals surface area contributed by atoms with Crippen LogP contribution in [0, 0.1) is 0 Å². The molecule has 1 amide bonds. The molecule has 0 fully saturated rings. The molecule has 2 aromatic carbocycles. The Morgan fingerprint density at radius 3 is 2.41 bits per heavy atom. The van der Waals surface area contributed by atoms with Crippen molar-refractivity contribution in [1.82, 2.24) is 15.1 Å². The molecule has 1 N–H and O–H groups in total. The molecule has 0 atom stereocenters. The minimum absolute atomic E-state index is 0.190. The van der Waals surface area contributed by atoms with E-state index in [0.29, 0.717) is 12.1 Å². The fraction of sp³-hybridized carbons (Fsp3) is 0.0952. The second-order valence-corrected chi connectivity index (χ2v) is 5.81. The molecule has 0 aliphatic rings. The summed E-state index contributed by atoms with van der Waals surface area (Å²) in [5, 5.41) is 6.85. The van der Waals surface area contributed by atoms with Crippen molar-refractivity contribution in [3.8, 4) is 5.69 Å². The lowest BCUT2D eigenvalue weighted by Gasteiger charge is -2.07. The number of ether oxygens (including phenoxy) is 1. The third-order valence-electron chi connectivity index (χ3n) is 3.92. The average Bonchev–Trinajstić information content (AvgIpc) is 3.26. The van der Waals surface area contributed by atoms with Gasteiger partial charge in [-0.25, -0.2) is 9.48 Å². The Morgan fingerprint density at radius 1 is 1.07 bits per heavy atom. The van der Waals surface area contributed by atoms with Gasteiger partial charge in [-0.2, -0.15) is 5.10 Å². The summed E-state index contributed by atoms with van der Waals surface area (Å²) in [5.74, 6) is -0.634. The Bertz CT molecular complexity index is 914. The largest absolute Gasteiger partial charge is 0.457 e. The number of nitrogens with one attached hydrogen (secondary N) is 1. The number of nitrogens with zero attached hydrogens (tertiary/aromatic N) is 2. The first-order chi connectivity index (χ1) is 13.2. The molecule has 0 saturated carbocycles. The number of esters is 1. The average molecular weight is 361 g/mol. The number of rotatable bonds is 7. The SMILES string of the molecule is C=CC(=O)NCc1ccc(C(=O)OCc2ccc(-n3cccn3)cc2)cc1. The predicted molar refractivity (Wildman–Crippen MR) is 101 cm³/mol. The summed E-state index contributed by atoms with van der Waals surface area (Å²) >= 11 is 0. The van der Waals surface area contributed by atoms with Crippen LogP contribution < -0.4 is 5.32 Å². The minimum Gasteiger partial charge on any atom is -0.457 e. The van der Waals surface area contributed by atoms with Crippen molar-refractivity contribution in [3.05, 3.63) is 96.3 Å². The molecule has 27 heavy (non-hydrogen) atoms. The summed E-state index contributed by atoms with van der Waals surface area (Å²) in [4.78, 5) is 23.3. The lowest BCUT2D eigenvalue weighted by molar-refractivity contribution is -0.116. The molecule has 6 heteroatoms. The maximum atomic E-state index is 12.2. The molecule has 0 saturated heterocycles. The maximum absolute atomic E-state index is 12.2. The third kappa shape index (κ3) is 4.92. The highest BCUT2D eigenvalue weighted by molar-refractivity contribution is 5.89. The summed E-state index contributed by atoms with van der Waals surface area (Å²) in [6.07, 6.45) is 4.79. The van der Waals surface area contributed by atoms with Gasteiger partial charge >= 0.3 is 5.97 Å². The zero-order valence-corrected chi connectivity index (χ0v) is 14.7. The molecule has 3 rings (SSSR count). The second kappa shape index (κ2) is 8.62. The highest BCUT2D eigenvalue weighted by Crippen LogP contribution is 2.11. The maximum Gasteiger partial charge on any atom is 0.338 e. The van der Waals surface area contributed by atoms with Crippen molar-refractivity contribution in [2.45, 2.75) is 13.2 Å². The fourth-order valence-electron chi connectivity index (χ4n) is 2.42. The molecule has 0 bridgehead atoms. The summed E-state index contributed by atoms with van der Waals surface area (Å²) in [5.41, 5.74) is 3.18. The van der Waals surface area contributed by atoms with E-state index in [1.54, 1.807) is 35.1 Å². The van der Waals surface area contributed by atoms with Crippen molar-refractivity contribution in [2.75, 3.05) is 0 Å². The number of carbonyl (C=O) groups is 2. The molecular formula is C21H19N3O3. The highest BCUT2D eigenvalue weighted by Gasteiger charge is 2.08. The topological polar surface area (TPSA) is 73.2 Å². The Hall–Kier alpha value is -3.67. The summed E-state index contributed by atoms with van der Waals surface area (Å²) < 4.78 is 7.11. The van der Waals surface area contributed by atoms with E-state index in [1.807, 2.05) is 36.5 Å². The van der Waals surface area contributed by atoms with Crippen molar-refractivity contribution in [3.63, 3.8) is 0 Å². The van der Waals surface area contributed by atoms with Gasteiger partial charge < -0.3 is 10.1 Å². The van der Waals surface area contributed by atoms with Crippen molar-refractivity contribution in [2.24, 2.45) is 0 Å². The smallest absolute Gasteiger partial charge is 0.338 e. The van der Waals surface area contributed by atoms with E-state index in [2.05, 4.69) is 17.0 Å². The van der Waals surface area contributed by atoms with Crippen LogP contribution in [0.25, 0.3) is 5.69 Å². The van der Waals surface area contributed by atoms with Gasteiger partial charge in [-0.3, -0.25) is 4.79 Å². The van der Waals surface area contributed by atoms with Gasteiger partial charge in [0.2, 0.25) is 5.91 Å². The molecule has 0 aliphatic carbocycles. The number of benzene rings is 2. The van der Waals surface area contributed by atoms with E-state index in [9.17, 15) is 9.59 Å². The molecule has 1 aromatic heterocycles. The molecule has 0 unspecified atom stereocenters. The molecule has 3 aromatic rings. The molecule has 0 radical (unpaired) electrons. The quantitative estimate of drug-likeness (QED) is 0.519. The van der Waals surface area contributed by atoms with Crippen molar-refractivity contribution < 1.29 is 14.3 Å². The zero-order chi connectivity index (χ0) is 19.1. The first-order valence-corrected chi connectivity index (χ1v) is 8.41. The van der Waals surface area contributed by atoms with Gasteiger partial charge in [0.05, 0.1) is 11.3 Å². The number of aromatic nitrogens is 2. The van der Waals surface area contributed by atoms with Crippen LogP contribution in [-0.2, 0) is 22.7 Å². The molecular weight excluding hydrogens is 342 g/mol. The van der Waals surface area contributed by atoms with Gasteiger partial charge in [0.15, 0.2) is 0 Å². The van der Waals surface area contributed by atoms with Crippen molar-refractivity contribution >= 4 is 11.9 Å². The Morgan fingerprint density at radius 2 is 1.78 bits per heavy atom. The molecule has 0 spiro atoms. The van der Waals surface area contributed by atoms with Crippen LogP contribution in [0.15, 0.2) is 79.6 Å². The third-order valence-corrected chi connectivity index (χ3v) is 3.92. The van der Waals surface area contributed by atoms with Crippen LogP contribution in [0.5, 0.6) is 0 Å². The number of hydrogen-bond donors (Lipinski definition) is 1. The van der Waals surface area contributed by atoms with E-state index in [-0.39, 0.29) is 12.5 Å². The monoisotopic (exact) mass is 361 g/mol. The summed E-state index contributed by atoms with van der Waals surface area (Å²) in [7, 11) is 0. The Kier molecular flexibility index (Phi) is 5.79. The summed E-state index contributed by atoms with van der Waals surface area (Å²) in [6.45, 7) is 3.96. The first-order valence-electron chi connectivity index (χ1n) is 8.41. The highest BCUT2D eigenvalue weighted by atomic mass is 16.5. The molecule has 6 nitrogen and oxygen atoms in total. The van der Waals surface area contributed by atoms with Gasteiger partial charge in [0.1, 0.15) is 6.61 Å². The number of hydrogen-bond acceptors (Lipinski definition) is 4. The second-order valence-electron chi connectivity index (χ2n) is 5.81. The number of carbonyl (C=O) groups excluding carboxylic acids is 2.